The van der Waals surface area contributed by atoms with Crippen molar-refractivity contribution < 1.29 is 41.9 Å². The fourth-order valence-electron chi connectivity index (χ4n) is 1.71. The molecule has 0 fully saturated rings. The first-order chi connectivity index (χ1) is 17.9. The van der Waals surface area contributed by atoms with Crippen LogP contribution in [0.15, 0.2) is 55.4 Å². The minimum atomic E-state index is -1.67. The molecular weight excluding hydrogens is 633 g/mol. The third-order valence-electron chi connectivity index (χ3n) is 3.07. The van der Waals surface area contributed by atoms with Gasteiger partial charge in [0.15, 0.2) is 0 Å². The predicted octanol–water partition coefficient (Wildman–Crippen LogP) is 6.65. The molecule has 0 atom stereocenters. The molecule has 0 aliphatic rings. The zero-order chi connectivity index (χ0) is 29.5. The maximum Gasteiger partial charge on any atom is 0.403 e. The van der Waals surface area contributed by atoms with E-state index in [4.69, 9.17) is 37.6 Å². The van der Waals surface area contributed by atoms with Gasteiger partial charge in [0.1, 0.15) is 17.5 Å². The number of aliphatic hydroxyl groups excluding tert-OH is 1. The fraction of sp³-hybridized carbons (Fsp3) is 0.227. The predicted molar refractivity (Wildman–Crippen MR) is 144 cm³/mol. The van der Waals surface area contributed by atoms with Crippen molar-refractivity contribution in [3.8, 4) is 0 Å². The van der Waals surface area contributed by atoms with Crippen molar-refractivity contribution in [2.24, 2.45) is 0 Å². The molecule has 3 heterocycles. The zero-order valence-electron chi connectivity index (χ0n) is 19.2. The second kappa shape index (κ2) is 25.7. The summed E-state index contributed by atoms with van der Waals surface area (Å²) in [5.74, 6) is -2.26. The molecule has 2 N–H and O–H groups in total. The maximum atomic E-state index is 12.2. The quantitative estimate of drug-likeness (QED) is 0.233. The van der Waals surface area contributed by atoms with E-state index in [1.807, 2.05) is 0 Å². The normalized spacial score (nSPS) is 8.87. The highest BCUT2D eigenvalue weighted by Gasteiger charge is 2.02. The first-order valence-electron chi connectivity index (χ1n) is 9.62. The Morgan fingerprint density at radius 1 is 0.897 bits per heavy atom. The van der Waals surface area contributed by atoms with Gasteiger partial charge in [0.25, 0.3) is 0 Å². The Balaban J connectivity index is -0.000000426. The van der Waals surface area contributed by atoms with Gasteiger partial charge in [-0.1, -0.05) is 7.43 Å². The Bertz CT molecular complexity index is 1090. The summed E-state index contributed by atoms with van der Waals surface area (Å²) in [4.78, 5) is 30.2. The number of pyridine rings is 3. The molecule has 39 heavy (non-hydrogen) atoms. The number of ether oxygens (including phenoxy) is 1. The van der Waals surface area contributed by atoms with Crippen LogP contribution in [0.5, 0.6) is 0 Å². The fourth-order valence-corrected chi connectivity index (χ4v) is 1.97. The van der Waals surface area contributed by atoms with E-state index in [0.29, 0.717) is 23.6 Å². The Hall–Kier alpha value is -2.55. The highest BCUT2D eigenvalue weighted by atomic mass is 36.0. The van der Waals surface area contributed by atoms with Crippen molar-refractivity contribution in [1.29, 1.82) is 0 Å². The Morgan fingerprint density at radius 3 is 1.54 bits per heavy atom. The summed E-state index contributed by atoms with van der Waals surface area (Å²) < 4.78 is 49.9. The lowest BCUT2D eigenvalue weighted by molar-refractivity contribution is 0.0695. The number of hydrogen-bond donors (Lipinski definition) is 2. The highest BCUT2D eigenvalue weighted by Crippen LogP contribution is 2.03. The van der Waals surface area contributed by atoms with Gasteiger partial charge in [-0.25, -0.2) is 27.0 Å². The molecule has 0 spiro atoms. The van der Waals surface area contributed by atoms with Crippen LogP contribution < -0.4 is 0 Å². The van der Waals surface area contributed by atoms with Crippen LogP contribution in [0.25, 0.3) is 0 Å². The van der Waals surface area contributed by atoms with Gasteiger partial charge in [-0.3, -0.25) is 15.0 Å². The average molecular weight is 657 g/mol. The Labute approximate surface area is 244 Å². The molecule has 0 aliphatic heterocycles. The molecule has 0 unspecified atom stereocenters. The molecule has 9 nitrogen and oxygen atoms in total. The van der Waals surface area contributed by atoms with E-state index in [9.17, 15) is 22.8 Å². The standard InChI is InChI=1S/C6H5ClFN.C6H4FNO2.C6H6FNO.C3H5ClO2.CH4.Cl2OS/c7-2-5-1-6(8)4-9-3-5;7-5-1-4(6(9)10)2-8-3-5;7-6-1-5(4-9)2-8-3-6;1-2-6-3(4)5;;1-4(2)3/h1,3-4H,2H2;1-3H,(H,9,10);1-3,9H,4H2;2H2,1H3;1H4;. The number of carbonyl (C=O) groups excluding carboxylic acids is 1. The van der Waals surface area contributed by atoms with Crippen LogP contribution in [0.2, 0.25) is 0 Å². The number of halogens is 7. The second-order valence-electron chi connectivity index (χ2n) is 5.87. The lowest BCUT2D eigenvalue weighted by Crippen LogP contribution is -1.97. The monoisotopic (exact) mass is 655 g/mol. The van der Waals surface area contributed by atoms with E-state index in [0.717, 1.165) is 30.9 Å². The van der Waals surface area contributed by atoms with Gasteiger partial charge in [0, 0.05) is 57.4 Å². The molecule has 0 aliphatic carbocycles. The Kier molecular flexibility index (Phi) is 27.0. The van der Waals surface area contributed by atoms with Gasteiger partial charge in [0.05, 0.1) is 37.4 Å². The van der Waals surface area contributed by atoms with Crippen molar-refractivity contribution >= 4 is 65.2 Å². The van der Waals surface area contributed by atoms with Crippen LogP contribution in [0.4, 0.5) is 18.0 Å². The smallest absolute Gasteiger partial charge is 0.403 e. The summed E-state index contributed by atoms with van der Waals surface area (Å²) in [6.45, 7) is 1.88. The van der Waals surface area contributed by atoms with Crippen molar-refractivity contribution in [3.63, 3.8) is 0 Å². The van der Waals surface area contributed by atoms with Gasteiger partial charge in [-0.2, -0.15) is 0 Å². The number of carbonyl (C=O) groups is 2. The number of aromatic carboxylic acids is 1. The molecular formula is C22H24Cl4F3N3O6S. The van der Waals surface area contributed by atoms with Crippen molar-refractivity contribution in [3.05, 3.63) is 89.5 Å². The summed E-state index contributed by atoms with van der Waals surface area (Å²) in [5.41, 5.74) is 0.323. The largest absolute Gasteiger partial charge is 0.478 e. The number of alkyl halides is 1. The minimum Gasteiger partial charge on any atom is -0.478 e. The third-order valence-corrected chi connectivity index (χ3v) is 3.49. The van der Waals surface area contributed by atoms with E-state index >= 15 is 0 Å². The number of carboxylic acids is 1. The van der Waals surface area contributed by atoms with Crippen LogP contribution in [0.1, 0.15) is 35.8 Å². The number of rotatable bonds is 4. The van der Waals surface area contributed by atoms with Crippen LogP contribution in [-0.2, 0) is 26.5 Å². The molecule has 0 aromatic carbocycles. The molecule has 0 bridgehead atoms. The van der Waals surface area contributed by atoms with Crippen LogP contribution in [0, 0.1) is 17.5 Å². The molecule has 17 heteroatoms. The zero-order valence-corrected chi connectivity index (χ0v) is 23.1. The van der Waals surface area contributed by atoms with Gasteiger partial charge in [0.2, 0.25) is 9.23 Å². The average Bonchev–Trinajstić information content (AvgIpc) is 2.85. The van der Waals surface area contributed by atoms with Gasteiger partial charge >= 0.3 is 11.4 Å². The minimum absolute atomic E-state index is 0. The summed E-state index contributed by atoms with van der Waals surface area (Å²) in [6, 6.07) is 3.52. The number of aliphatic hydroxyl groups is 1. The van der Waals surface area contributed by atoms with E-state index in [-0.39, 0.29) is 25.4 Å². The second-order valence-corrected chi connectivity index (χ2v) is 8.97. The summed E-state index contributed by atoms with van der Waals surface area (Å²) >= 11 is 10.1. The molecule has 3 rings (SSSR count). The summed E-state index contributed by atoms with van der Waals surface area (Å²) in [5, 5.41) is 16.8. The van der Waals surface area contributed by atoms with E-state index in [2.05, 4.69) is 41.1 Å². The molecule has 3 aromatic rings. The highest BCUT2D eigenvalue weighted by molar-refractivity contribution is 8.26. The Morgan fingerprint density at radius 2 is 1.31 bits per heavy atom. The number of carboxylic acid groups (broad SMARTS) is 1. The van der Waals surface area contributed by atoms with Crippen molar-refractivity contribution in [2.45, 2.75) is 26.8 Å². The molecule has 218 valence electrons. The maximum absolute atomic E-state index is 12.2. The molecule has 3 aromatic heterocycles. The van der Waals surface area contributed by atoms with Gasteiger partial charge in [-0.15, -0.1) is 11.6 Å². The third kappa shape index (κ3) is 26.8. The van der Waals surface area contributed by atoms with Gasteiger partial charge < -0.3 is 14.9 Å². The molecule has 0 amide bonds. The van der Waals surface area contributed by atoms with Gasteiger partial charge in [-0.05, 0) is 36.2 Å². The molecule has 0 saturated heterocycles. The summed E-state index contributed by atoms with van der Waals surface area (Å²) in [6.07, 6.45) is 7.24. The van der Waals surface area contributed by atoms with Crippen LogP contribution >= 0.6 is 44.6 Å². The molecule has 0 saturated carbocycles. The van der Waals surface area contributed by atoms with Crippen molar-refractivity contribution in [1.82, 2.24) is 15.0 Å². The lowest BCUT2D eigenvalue weighted by Gasteiger charge is -1.91. The number of nitrogens with zero attached hydrogens (tertiary/aromatic N) is 3. The topological polar surface area (TPSA) is 140 Å². The van der Waals surface area contributed by atoms with E-state index in [1.165, 1.54) is 24.5 Å². The number of aromatic nitrogens is 3. The van der Waals surface area contributed by atoms with Crippen molar-refractivity contribution in [2.75, 3.05) is 6.61 Å². The SMILES string of the molecule is C.CCOC(=O)Cl.Fc1cncc(CCl)c1.O=C(O)c1cncc(F)c1.O=S(Cl)Cl.OCc1cncc(F)c1. The molecule has 0 radical (unpaired) electrons. The van der Waals surface area contributed by atoms with Crippen LogP contribution in [0.3, 0.4) is 0 Å². The number of hydrogen-bond acceptors (Lipinski definition) is 8. The summed E-state index contributed by atoms with van der Waals surface area (Å²) in [7, 11) is 7.36. The van der Waals surface area contributed by atoms with E-state index < -0.39 is 32.3 Å². The first-order valence-corrected chi connectivity index (χ1v) is 13.3. The first kappa shape index (κ1) is 40.9. The van der Waals surface area contributed by atoms with Crippen LogP contribution in [-0.4, -0.2) is 47.4 Å². The lowest BCUT2D eigenvalue weighted by atomic mass is 10.3. The van der Waals surface area contributed by atoms with E-state index in [1.54, 1.807) is 6.92 Å².